The molecular formula is C19H27FN2O5S. The van der Waals surface area contributed by atoms with Gasteiger partial charge in [-0.25, -0.2) is 21.9 Å². The van der Waals surface area contributed by atoms with Crippen LogP contribution in [-0.2, 0) is 19.6 Å². The number of halogens is 1. The maximum Gasteiger partial charge on any atom is 0.341 e. The number of sulfonamides is 1. The molecule has 0 unspecified atom stereocenters. The van der Waals surface area contributed by atoms with Crippen LogP contribution in [0.15, 0.2) is 23.1 Å². The third-order valence-corrected chi connectivity index (χ3v) is 6.60. The highest BCUT2D eigenvalue weighted by Crippen LogP contribution is 2.20. The van der Waals surface area contributed by atoms with Gasteiger partial charge < -0.3 is 10.1 Å². The van der Waals surface area contributed by atoms with Gasteiger partial charge in [-0.2, -0.15) is 0 Å². The van der Waals surface area contributed by atoms with Gasteiger partial charge in [0.25, 0.3) is 5.91 Å². The molecule has 7 nitrogen and oxygen atoms in total. The molecule has 0 saturated heterocycles. The number of esters is 1. The molecule has 0 bridgehead atoms. The van der Waals surface area contributed by atoms with Crippen LogP contribution in [0.4, 0.5) is 4.39 Å². The smallest absolute Gasteiger partial charge is 0.341 e. The molecule has 28 heavy (non-hydrogen) atoms. The topological polar surface area (TPSA) is 92.8 Å². The Labute approximate surface area is 165 Å². The Balaban J connectivity index is 2.08. The van der Waals surface area contributed by atoms with Gasteiger partial charge in [-0.05, 0) is 38.0 Å². The maximum absolute atomic E-state index is 14.1. The predicted octanol–water partition coefficient (Wildman–Crippen LogP) is 2.46. The number of nitrogens with one attached hydrogen (secondary N) is 1. The zero-order chi connectivity index (χ0) is 20.9. The molecule has 1 N–H and O–H groups in total. The Bertz CT molecular complexity index is 818. The Morgan fingerprint density at radius 3 is 2.36 bits per heavy atom. The maximum atomic E-state index is 14.1. The quantitative estimate of drug-likeness (QED) is 0.570. The van der Waals surface area contributed by atoms with E-state index in [1.807, 2.05) is 0 Å². The van der Waals surface area contributed by atoms with Gasteiger partial charge in [0.05, 0.1) is 10.5 Å². The summed E-state index contributed by atoms with van der Waals surface area (Å²) in [5, 5.41) is 2.87. The van der Waals surface area contributed by atoms with Crippen LogP contribution in [0.5, 0.6) is 0 Å². The lowest BCUT2D eigenvalue weighted by atomic mass is 10.1. The minimum atomic E-state index is -3.84. The highest BCUT2D eigenvalue weighted by atomic mass is 32.2. The lowest BCUT2D eigenvalue weighted by Crippen LogP contribution is -2.42. The highest BCUT2D eigenvalue weighted by molar-refractivity contribution is 7.89. The van der Waals surface area contributed by atoms with Gasteiger partial charge in [0.2, 0.25) is 10.0 Å². The Morgan fingerprint density at radius 2 is 1.79 bits per heavy atom. The number of hydrogen-bond acceptors (Lipinski definition) is 5. The van der Waals surface area contributed by atoms with Gasteiger partial charge in [0.1, 0.15) is 5.82 Å². The lowest BCUT2D eigenvalue weighted by Gasteiger charge is -2.20. The van der Waals surface area contributed by atoms with Gasteiger partial charge in [-0.1, -0.05) is 25.7 Å². The molecule has 1 aliphatic carbocycles. The summed E-state index contributed by atoms with van der Waals surface area (Å²) in [6.45, 7) is 1.41. The van der Waals surface area contributed by atoms with Gasteiger partial charge in [0.15, 0.2) is 6.10 Å². The summed E-state index contributed by atoms with van der Waals surface area (Å²) in [7, 11) is -1.18. The predicted molar refractivity (Wildman–Crippen MR) is 102 cm³/mol. The van der Waals surface area contributed by atoms with Crippen molar-refractivity contribution in [3.63, 3.8) is 0 Å². The van der Waals surface area contributed by atoms with Crippen molar-refractivity contribution >= 4 is 21.9 Å². The molecular weight excluding hydrogens is 387 g/mol. The fourth-order valence-corrected chi connectivity index (χ4v) is 3.98. The first-order valence-corrected chi connectivity index (χ1v) is 10.8. The van der Waals surface area contributed by atoms with Crippen LogP contribution in [0.2, 0.25) is 0 Å². The number of rotatable bonds is 6. The largest absolute Gasteiger partial charge is 0.449 e. The molecule has 0 aliphatic heterocycles. The van der Waals surface area contributed by atoms with E-state index >= 15 is 0 Å². The van der Waals surface area contributed by atoms with Crippen molar-refractivity contribution in [2.75, 3.05) is 14.1 Å². The fraction of sp³-hybridized carbons (Fsp3) is 0.579. The molecule has 0 aromatic heterocycles. The van der Waals surface area contributed by atoms with Crippen molar-refractivity contribution in [3.05, 3.63) is 29.6 Å². The summed E-state index contributed by atoms with van der Waals surface area (Å²) in [6.07, 6.45) is 5.00. The van der Waals surface area contributed by atoms with Crippen LogP contribution in [0.1, 0.15) is 55.8 Å². The van der Waals surface area contributed by atoms with Crippen molar-refractivity contribution in [1.82, 2.24) is 9.62 Å². The van der Waals surface area contributed by atoms with E-state index in [0.29, 0.717) is 0 Å². The first kappa shape index (κ1) is 22.3. The van der Waals surface area contributed by atoms with Crippen molar-refractivity contribution in [1.29, 1.82) is 0 Å². The molecule has 1 saturated carbocycles. The van der Waals surface area contributed by atoms with Crippen molar-refractivity contribution < 1.29 is 27.1 Å². The number of carbonyl (C=O) groups excluding carboxylic acids is 2. The third kappa shape index (κ3) is 5.51. The van der Waals surface area contributed by atoms with E-state index in [9.17, 15) is 22.4 Å². The zero-order valence-electron chi connectivity index (χ0n) is 16.4. The summed E-state index contributed by atoms with van der Waals surface area (Å²) >= 11 is 0. The zero-order valence-corrected chi connectivity index (χ0v) is 17.2. The van der Waals surface area contributed by atoms with Gasteiger partial charge in [-0.15, -0.1) is 0 Å². The van der Waals surface area contributed by atoms with Gasteiger partial charge in [0, 0.05) is 20.1 Å². The standard InChI is InChI=1S/C19H27FN2O5S/c1-13(18(23)21-14-8-6-4-5-7-9-14)27-19(24)16-12-15(10-11-17(16)20)28(25,26)22(2)3/h10-14H,4-9H2,1-3H3,(H,21,23)/t13-/m1/s1. The van der Waals surface area contributed by atoms with Crippen molar-refractivity contribution in [2.45, 2.75) is 62.5 Å². The number of benzene rings is 1. The van der Waals surface area contributed by atoms with E-state index in [4.69, 9.17) is 4.74 Å². The summed E-state index contributed by atoms with van der Waals surface area (Å²) in [5.74, 6) is -2.45. The highest BCUT2D eigenvalue weighted by Gasteiger charge is 2.26. The average Bonchev–Trinajstić information content (AvgIpc) is 2.90. The average molecular weight is 414 g/mol. The molecule has 1 aliphatic rings. The Hall–Kier alpha value is -2.00. The molecule has 1 amide bonds. The summed E-state index contributed by atoms with van der Waals surface area (Å²) in [5.41, 5.74) is -0.531. The van der Waals surface area contributed by atoms with Crippen LogP contribution in [-0.4, -0.2) is 50.8 Å². The number of carbonyl (C=O) groups is 2. The van der Waals surface area contributed by atoms with E-state index in [-0.39, 0.29) is 10.9 Å². The van der Waals surface area contributed by atoms with Crippen LogP contribution >= 0.6 is 0 Å². The molecule has 1 fully saturated rings. The SMILES string of the molecule is C[C@@H](OC(=O)c1cc(S(=O)(=O)N(C)C)ccc1F)C(=O)NC1CCCCCC1. The molecule has 1 atom stereocenters. The number of ether oxygens (including phenoxy) is 1. The first-order chi connectivity index (χ1) is 13.1. The van der Waals surface area contributed by atoms with Crippen molar-refractivity contribution in [2.24, 2.45) is 0 Å². The van der Waals surface area contributed by atoms with E-state index < -0.39 is 39.4 Å². The van der Waals surface area contributed by atoms with Crippen LogP contribution in [0, 0.1) is 5.82 Å². The van der Waals surface area contributed by atoms with Crippen molar-refractivity contribution in [3.8, 4) is 0 Å². The lowest BCUT2D eigenvalue weighted by molar-refractivity contribution is -0.129. The fourth-order valence-electron chi connectivity index (χ4n) is 3.05. The minimum Gasteiger partial charge on any atom is -0.449 e. The summed E-state index contributed by atoms with van der Waals surface area (Å²) in [4.78, 5) is 24.4. The van der Waals surface area contributed by atoms with E-state index in [2.05, 4.69) is 5.32 Å². The van der Waals surface area contributed by atoms with Crippen LogP contribution in [0.3, 0.4) is 0 Å². The van der Waals surface area contributed by atoms with E-state index in [1.54, 1.807) is 0 Å². The molecule has 2 rings (SSSR count). The molecule has 1 aromatic rings. The number of hydrogen-bond donors (Lipinski definition) is 1. The van der Waals surface area contributed by atoms with E-state index in [0.717, 1.165) is 61.0 Å². The molecule has 156 valence electrons. The molecule has 0 radical (unpaired) electrons. The minimum absolute atomic E-state index is 0.0430. The second kappa shape index (κ2) is 9.47. The van der Waals surface area contributed by atoms with Crippen LogP contribution in [0.25, 0.3) is 0 Å². The summed E-state index contributed by atoms with van der Waals surface area (Å²) in [6, 6.07) is 2.93. The first-order valence-electron chi connectivity index (χ1n) is 9.36. The normalized spacial score (nSPS) is 17.0. The summed E-state index contributed by atoms with van der Waals surface area (Å²) < 4.78 is 44.5. The molecule has 9 heteroatoms. The van der Waals surface area contributed by atoms with Gasteiger partial charge >= 0.3 is 5.97 Å². The molecule has 1 aromatic carbocycles. The second-order valence-electron chi connectivity index (χ2n) is 7.17. The third-order valence-electron chi connectivity index (χ3n) is 4.79. The Kier molecular flexibility index (Phi) is 7.54. The van der Waals surface area contributed by atoms with Gasteiger partial charge in [-0.3, -0.25) is 4.79 Å². The number of nitrogens with zero attached hydrogens (tertiary/aromatic N) is 1. The molecule has 0 heterocycles. The van der Waals surface area contributed by atoms with Crippen LogP contribution < -0.4 is 5.32 Å². The second-order valence-corrected chi connectivity index (χ2v) is 9.33. The number of amides is 1. The molecule has 0 spiro atoms. The van der Waals surface area contributed by atoms with E-state index in [1.165, 1.54) is 21.0 Å². The monoisotopic (exact) mass is 414 g/mol. The Morgan fingerprint density at radius 1 is 1.18 bits per heavy atom.